The second-order valence-corrected chi connectivity index (χ2v) is 9.80. The van der Waals surface area contributed by atoms with Gasteiger partial charge in [-0.05, 0) is 56.4 Å². The smallest absolute Gasteiger partial charge is 0.263 e. The number of para-hydroxylation sites is 2. The average molecular weight is 522 g/mol. The van der Waals surface area contributed by atoms with Crippen LogP contribution in [0.2, 0.25) is 0 Å². The third-order valence-corrected chi connectivity index (χ3v) is 6.89. The number of methoxy groups -OCH3 is 1. The summed E-state index contributed by atoms with van der Waals surface area (Å²) in [6.07, 6.45) is 0. The SMILES string of the molecule is CN[C@H](C)C(=O)Nc1cccc(S(=O)(=O)Nc2nc3ccccc3nc2Nc2cc(OC)ccc2N)c1. The summed E-state index contributed by atoms with van der Waals surface area (Å²) in [5.41, 5.74) is 8.37. The first kappa shape index (κ1) is 25.7. The number of amides is 1. The highest BCUT2D eigenvalue weighted by Crippen LogP contribution is 2.31. The van der Waals surface area contributed by atoms with Gasteiger partial charge in [0.15, 0.2) is 11.6 Å². The summed E-state index contributed by atoms with van der Waals surface area (Å²) in [5.74, 6) is 0.375. The van der Waals surface area contributed by atoms with Gasteiger partial charge in [-0.15, -0.1) is 0 Å². The van der Waals surface area contributed by atoms with Gasteiger partial charge in [0.05, 0.1) is 40.5 Å². The van der Waals surface area contributed by atoms with Gasteiger partial charge in [-0.25, -0.2) is 18.4 Å². The van der Waals surface area contributed by atoms with E-state index in [0.717, 1.165) is 0 Å². The fourth-order valence-electron chi connectivity index (χ4n) is 3.37. The number of aromatic nitrogens is 2. The summed E-state index contributed by atoms with van der Waals surface area (Å²) in [7, 11) is -0.934. The normalized spacial score (nSPS) is 12.1. The van der Waals surface area contributed by atoms with E-state index in [-0.39, 0.29) is 22.4 Å². The van der Waals surface area contributed by atoms with Gasteiger partial charge in [0.1, 0.15) is 5.75 Å². The Hall–Kier alpha value is -4.42. The van der Waals surface area contributed by atoms with E-state index in [0.29, 0.717) is 33.8 Å². The Morgan fingerprint density at radius 1 is 0.973 bits per heavy atom. The number of hydrogen-bond donors (Lipinski definition) is 5. The Morgan fingerprint density at radius 3 is 2.35 bits per heavy atom. The summed E-state index contributed by atoms with van der Waals surface area (Å²) in [6.45, 7) is 1.69. The van der Waals surface area contributed by atoms with Crippen LogP contribution in [0.1, 0.15) is 6.92 Å². The molecule has 1 atom stereocenters. The minimum Gasteiger partial charge on any atom is -0.497 e. The van der Waals surface area contributed by atoms with Crippen molar-refractivity contribution in [1.82, 2.24) is 15.3 Å². The van der Waals surface area contributed by atoms with Crippen LogP contribution in [0.4, 0.5) is 28.7 Å². The Balaban J connectivity index is 1.71. The first-order valence-corrected chi connectivity index (χ1v) is 12.8. The Morgan fingerprint density at radius 2 is 1.68 bits per heavy atom. The standard InChI is InChI=1S/C25H27N7O4S/c1-15(27-2)25(33)28-16-7-6-8-18(13-16)37(34,35)32-24-23(29-20-9-4-5-10-21(20)30-24)31-22-14-17(36-3)11-12-19(22)26/h4-15,27H,26H2,1-3H3,(H,28,33)(H,29,31)(H,30,32)/t15-/m1/s1. The number of nitrogen functional groups attached to an aromatic ring is 1. The zero-order valence-corrected chi connectivity index (χ0v) is 21.3. The van der Waals surface area contributed by atoms with Gasteiger partial charge in [-0.1, -0.05) is 18.2 Å². The van der Waals surface area contributed by atoms with Crippen molar-refractivity contribution < 1.29 is 17.9 Å². The quantitative estimate of drug-likeness (QED) is 0.208. The minimum absolute atomic E-state index is 0.0286. The first-order chi connectivity index (χ1) is 17.7. The summed E-state index contributed by atoms with van der Waals surface area (Å²) in [6, 6.07) is 17.6. The van der Waals surface area contributed by atoms with E-state index in [1.54, 1.807) is 62.5 Å². The maximum absolute atomic E-state index is 13.4. The number of benzene rings is 3. The van der Waals surface area contributed by atoms with E-state index in [9.17, 15) is 13.2 Å². The second-order valence-electron chi connectivity index (χ2n) is 8.12. The molecule has 0 spiro atoms. The van der Waals surface area contributed by atoms with E-state index in [2.05, 4.69) is 30.6 Å². The summed E-state index contributed by atoms with van der Waals surface area (Å²) in [5, 5.41) is 8.60. The van der Waals surface area contributed by atoms with E-state index in [1.807, 2.05) is 0 Å². The van der Waals surface area contributed by atoms with E-state index >= 15 is 0 Å². The molecule has 0 unspecified atom stereocenters. The highest BCUT2D eigenvalue weighted by atomic mass is 32.2. The van der Waals surface area contributed by atoms with E-state index < -0.39 is 16.1 Å². The van der Waals surface area contributed by atoms with Crippen LogP contribution in [-0.4, -0.2) is 44.5 Å². The minimum atomic E-state index is -4.12. The van der Waals surface area contributed by atoms with Crippen molar-refractivity contribution in [3.05, 3.63) is 66.7 Å². The molecule has 0 saturated heterocycles. The molecule has 0 aliphatic heterocycles. The predicted molar refractivity (Wildman–Crippen MR) is 145 cm³/mol. The highest BCUT2D eigenvalue weighted by Gasteiger charge is 2.21. The topological polar surface area (TPSA) is 160 Å². The number of fused-ring (bicyclic) bond motifs is 1. The summed E-state index contributed by atoms with van der Waals surface area (Å²) < 4.78 is 34.5. The molecule has 1 heterocycles. The van der Waals surface area contributed by atoms with Crippen LogP contribution in [-0.2, 0) is 14.8 Å². The molecule has 0 fully saturated rings. The molecule has 0 saturated carbocycles. The van der Waals surface area contributed by atoms with Crippen LogP contribution in [0.15, 0.2) is 71.6 Å². The summed E-state index contributed by atoms with van der Waals surface area (Å²) in [4.78, 5) is 21.2. The number of hydrogen-bond acceptors (Lipinski definition) is 9. The molecule has 3 aromatic carbocycles. The molecule has 1 amide bonds. The van der Waals surface area contributed by atoms with Crippen LogP contribution in [0.25, 0.3) is 11.0 Å². The molecule has 6 N–H and O–H groups in total. The fraction of sp³-hybridized carbons (Fsp3) is 0.160. The van der Waals surface area contributed by atoms with Crippen LogP contribution in [0.5, 0.6) is 5.75 Å². The molecule has 4 aromatic rings. The van der Waals surface area contributed by atoms with Gasteiger partial charge in [0.2, 0.25) is 5.91 Å². The molecule has 4 rings (SSSR count). The number of likely N-dealkylation sites (N-methyl/N-ethyl adjacent to an activating group) is 1. The van der Waals surface area contributed by atoms with Crippen LogP contribution >= 0.6 is 0 Å². The first-order valence-electron chi connectivity index (χ1n) is 11.3. The fourth-order valence-corrected chi connectivity index (χ4v) is 4.42. The Kier molecular flexibility index (Phi) is 7.41. The van der Waals surface area contributed by atoms with Gasteiger partial charge in [-0.3, -0.25) is 9.52 Å². The molecular weight excluding hydrogens is 494 g/mol. The summed E-state index contributed by atoms with van der Waals surface area (Å²) >= 11 is 0. The maximum atomic E-state index is 13.4. The molecule has 37 heavy (non-hydrogen) atoms. The molecule has 0 aliphatic rings. The van der Waals surface area contributed by atoms with Crippen molar-refractivity contribution in [1.29, 1.82) is 0 Å². The van der Waals surface area contributed by atoms with E-state index in [1.165, 1.54) is 25.3 Å². The average Bonchev–Trinajstić information content (AvgIpc) is 2.89. The van der Waals surface area contributed by atoms with Crippen molar-refractivity contribution >= 4 is 55.7 Å². The van der Waals surface area contributed by atoms with Crippen molar-refractivity contribution in [2.75, 3.05) is 35.2 Å². The monoisotopic (exact) mass is 521 g/mol. The van der Waals surface area contributed by atoms with Crippen LogP contribution < -0.4 is 31.1 Å². The number of rotatable bonds is 9. The zero-order chi connectivity index (χ0) is 26.6. The number of sulfonamides is 1. The third kappa shape index (κ3) is 5.88. The number of nitrogens with one attached hydrogen (secondary N) is 4. The van der Waals surface area contributed by atoms with Crippen LogP contribution in [0, 0.1) is 0 Å². The Bertz CT molecular complexity index is 1560. The third-order valence-electron chi connectivity index (χ3n) is 5.55. The molecule has 0 aliphatic carbocycles. The van der Waals surface area contributed by atoms with Gasteiger partial charge in [0, 0.05) is 11.8 Å². The lowest BCUT2D eigenvalue weighted by molar-refractivity contribution is -0.117. The van der Waals surface area contributed by atoms with E-state index in [4.69, 9.17) is 10.5 Å². The van der Waals surface area contributed by atoms with Crippen molar-refractivity contribution in [2.45, 2.75) is 17.9 Å². The number of nitrogens with two attached hydrogens (primary N) is 1. The van der Waals surface area contributed by atoms with Gasteiger partial charge >= 0.3 is 0 Å². The molecular formula is C25H27N7O4S. The number of carbonyl (C=O) groups excluding carboxylic acids is 1. The lowest BCUT2D eigenvalue weighted by Crippen LogP contribution is -2.35. The Labute approximate surface area is 214 Å². The lowest BCUT2D eigenvalue weighted by atomic mass is 10.2. The van der Waals surface area contributed by atoms with Gasteiger partial charge in [0.25, 0.3) is 10.0 Å². The van der Waals surface area contributed by atoms with Crippen molar-refractivity contribution in [3.63, 3.8) is 0 Å². The zero-order valence-electron chi connectivity index (χ0n) is 20.4. The highest BCUT2D eigenvalue weighted by molar-refractivity contribution is 7.92. The molecule has 192 valence electrons. The number of ether oxygens (including phenoxy) is 1. The van der Waals surface area contributed by atoms with Crippen molar-refractivity contribution in [2.24, 2.45) is 0 Å². The lowest BCUT2D eigenvalue weighted by Gasteiger charge is -2.16. The molecule has 0 bridgehead atoms. The second kappa shape index (κ2) is 10.7. The molecule has 1 aromatic heterocycles. The van der Waals surface area contributed by atoms with Crippen molar-refractivity contribution in [3.8, 4) is 5.75 Å². The number of nitrogens with zero attached hydrogens (tertiary/aromatic N) is 2. The maximum Gasteiger partial charge on any atom is 0.263 e. The number of carbonyl (C=O) groups is 1. The molecule has 12 heteroatoms. The largest absolute Gasteiger partial charge is 0.497 e. The molecule has 11 nitrogen and oxygen atoms in total. The number of anilines is 5. The van der Waals surface area contributed by atoms with Gasteiger partial charge in [-0.2, -0.15) is 0 Å². The predicted octanol–water partition coefficient (Wildman–Crippen LogP) is 3.31. The van der Waals surface area contributed by atoms with Gasteiger partial charge < -0.3 is 26.4 Å². The van der Waals surface area contributed by atoms with Crippen LogP contribution in [0.3, 0.4) is 0 Å². The molecule has 0 radical (unpaired) electrons.